The van der Waals surface area contributed by atoms with E-state index >= 15 is 0 Å². The Kier molecular flexibility index (Phi) is 5.21. The van der Waals surface area contributed by atoms with Crippen LogP contribution in [-0.2, 0) is 16.6 Å². The number of rotatable bonds is 5. The van der Waals surface area contributed by atoms with E-state index in [1.807, 2.05) is 54.6 Å². The SMILES string of the molecule is N#CCOc1ccc(C2Nc3ccccc3S(=O)(=O)N2Cc2ccccc2)cc1. The first-order valence-electron chi connectivity index (χ1n) is 9.10. The highest BCUT2D eigenvalue weighted by Crippen LogP contribution is 2.39. The lowest BCUT2D eigenvalue weighted by Gasteiger charge is -2.37. The molecule has 0 fully saturated rings. The lowest BCUT2D eigenvalue weighted by Crippen LogP contribution is -2.42. The quantitative estimate of drug-likeness (QED) is 0.696. The van der Waals surface area contributed by atoms with Crippen LogP contribution in [0, 0.1) is 11.3 Å². The van der Waals surface area contributed by atoms with Gasteiger partial charge in [-0.3, -0.25) is 0 Å². The molecule has 146 valence electrons. The van der Waals surface area contributed by atoms with Crippen LogP contribution in [-0.4, -0.2) is 19.3 Å². The van der Waals surface area contributed by atoms with Crippen LogP contribution in [0.5, 0.6) is 5.75 Å². The highest BCUT2D eigenvalue weighted by atomic mass is 32.2. The second-order valence-electron chi connectivity index (χ2n) is 6.59. The molecule has 0 radical (unpaired) electrons. The van der Waals surface area contributed by atoms with Crippen molar-refractivity contribution in [3.05, 3.63) is 90.0 Å². The van der Waals surface area contributed by atoms with Crippen molar-refractivity contribution < 1.29 is 13.2 Å². The third kappa shape index (κ3) is 3.81. The lowest BCUT2D eigenvalue weighted by atomic mass is 10.1. The molecule has 4 rings (SSSR count). The molecule has 1 aliphatic rings. The van der Waals surface area contributed by atoms with Crippen molar-refractivity contribution in [3.8, 4) is 11.8 Å². The Morgan fingerprint density at radius 2 is 1.66 bits per heavy atom. The molecule has 1 N–H and O–H groups in total. The number of hydrogen-bond donors (Lipinski definition) is 1. The summed E-state index contributed by atoms with van der Waals surface area (Å²) in [7, 11) is -3.71. The highest BCUT2D eigenvalue weighted by molar-refractivity contribution is 7.89. The Morgan fingerprint density at radius 1 is 0.966 bits per heavy atom. The Labute approximate surface area is 170 Å². The molecule has 3 aromatic rings. The fraction of sp³-hybridized carbons (Fsp3) is 0.136. The van der Waals surface area contributed by atoms with Crippen molar-refractivity contribution in [2.75, 3.05) is 11.9 Å². The first-order chi connectivity index (χ1) is 14.1. The molecule has 0 bridgehead atoms. The Morgan fingerprint density at radius 3 is 2.38 bits per heavy atom. The van der Waals surface area contributed by atoms with Gasteiger partial charge in [0.1, 0.15) is 22.9 Å². The van der Waals surface area contributed by atoms with Gasteiger partial charge in [0.15, 0.2) is 6.61 Å². The molecule has 3 aromatic carbocycles. The Hall–Kier alpha value is -3.34. The maximum atomic E-state index is 13.4. The van der Waals surface area contributed by atoms with Gasteiger partial charge < -0.3 is 10.1 Å². The molecule has 7 heteroatoms. The predicted molar refractivity (Wildman–Crippen MR) is 110 cm³/mol. The molecule has 0 amide bonds. The molecule has 1 unspecified atom stereocenters. The van der Waals surface area contributed by atoms with Gasteiger partial charge in [0.05, 0.1) is 5.69 Å². The van der Waals surface area contributed by atoms with Gasteiger partial charge in [0, 0.05) is 6.54 Å². The molecular formula is C22H19N3O3S. The second-order valence-corrected chi connectivity index (χ2v) is 8.45. The van der Waals surface area contributed by atoms with Crippen LogP contribution in [0.4, 0.5) is 5.69 Å². The number of para-hydroxylation sites is 1. The van der Waals surface area contributed by atoms with Crippen molar-refractivity contribution in [1.29, 1.82) is 5.26 Å². The summed E-state index contributed by atoms with van der Waals surface area (Å²) >= 11 is 0. The maximum Gasteiger partial charge on any atom is 0.247 e. The number of nitrogens with zero attached hydrogens (tertiary/aromatic N) is 2. The number of sulfonamides is 1. The van der Waals surface area contributed by atoms with E-state index < -0.39 is 16.2 Å². The number of benzene rings is 3. The van der Waals surface area contributed by atoms with Crippen LogP contribution in [0.2, 0.25) is 0 Å². The fourth-order valence-electron chi connectivity index (χ4n) is 3.35. The van der Waals surface area contributed by atoms with Gasteiger partial charge in [0.2, 0.25) is 10.0 Å². The van der Waals surface area contributed by atoms with Gasteiger partial charge in [0.25, 0.3) is 0 Å². The third-order valence-corrected chi connectivity index (χ3v) is 6.60. The minimum atomic E-state index is -3.71. The molecule has 1 aliphatic heterocycles. The summed E-state index contributed by atoms with van der Waals surface area (Å²) in [6.07, 6.45) is -0.569. The topological polar surface area (TPSA) is 82.4 Å². The van der Waals surface area contributed by atoms with Crippen LogP contribution in [0.15, 0.2) is 83.8 Å². The van der Waals surface area contributed by atoms with E-state index in [2.05, 4.69) is 5.32 Å². The van der Waals surface area contributed by atoms with E-state index in [0.29, 0.717) is 11.4 Å². The van der Waals surface area contributed by atoms with E-state index in [1.165, 1.54) is 4.31 Å². The van der Waals surface area contributed by atoms with E-state index in [0.717, 1.165) is 11.1 Å². The van der Waals surface area contributed by atoms with Gasteiger partial charge in [-0.15, -0.1) is 0 Å². The van der Waals surface area contributed by atoms with Crippen LogP contribution >= 0.6 is 0 Å². The lowest BCUT2D eigenvalue weighted by molar-refractivity contribution is 0.335. The van der Waals surface area contributed by atoms with Crippen molar-refractivity contribution in [3.63, 3.8) is 0 Å². The van der Waals surface area contributed by atoms with Gasteiger partial charge in [-0.25, -0.2) is 8.42 Å². The normalized spacial score (nSPS) is 17.6. The van der Waals surface area contributed by atoms with Gasteiger partial charge in [-0.2, -0.15) is 9.57 Å². The maximum absolute atomic E-state index is 13.4. The molecule has 0 saturated heterocycles. The minimum absolute atomic E-state index is 0.0388. The average molecular weight is 405 g/mol. The van der Waals surface area contributed by atoms with Crippen molar-refractivity contribution in [2.24, 2.45) is 0 Å². The zero-order chi connectivity index (χ0) is 20.3. The number of ether oxygens (including phenoxy) is 1. The summed E-state index contributed by atoms with van der Waals surface area (Å²) in [6.45, 7) is 0.199. The van der Waals surface area contributed by atoms with E-state index in [4.69, 9.17) is 10.00 Å². The Balaban J connectivity index is 1.74. The summed E-state index contributed by atoms with van der Waals surface area (Å²) in [6, 6.07) is 25.4. The molecule has 6 nitrogen and oxygen atoms in total. The molecule has 0 aromatic heterocycles. The van der Waals surface area contributed by atoms with E-state index in [1.54, 1.807) is 30.3 Å². The van der Waals surface area contributed by atoms with Crippen molar-refractivity contribution >= 4 is 15.7 Å². The molecule has 0 aliphatic carbocycles. The third-order valence-electron chi connectivity index (χ3n) is 4.73. The van der Waals surface area contributed by atoms with Crippen molar-refractivity contribution in [2.45, 2.75) is 17.6 Å². The number of hydrogen-bond acceptors (Lipinski definition) is 5. The summed E-state index contributed by atoms with van der Waals surface area (Å²) in [5, 5.41) is 12.0. The molecule has 0 saturated carbocycles. The van der Waals surface area contributed by atoms with Crippen LogP contribution in [0.3, 0.4) is 0 Å². The molecule has 1 atom stereocenters. The molecule has 1 heterocycles. The largest absolute Gasteiger partial charge is 0.479 e. The first kappa shape index (κ1) is 19.0. The van der Waals surface area contributed by atoms with E-state index in [-0.39, 0.29) is 18.0 Å². The smallest absolute Gasteiger partial charge is 0.247 e. The highest BCUT2D eigenvalue weighted by Gasteiger charge is 2.38. The predicted octanol–water partition coefficient (Wildman–Crippen LogP) is 3.90. The van der Waals surface area contributed by atoms with Gasteiger partial charge in [-0.05, 0) is 35.4 Å². The number of anilines is 1. The number of nitriles is 1. The van der Waals surface area contributed by atoms with Gasteiger partial charge >= 0.3 is 0 Å². The van der Waals surface area contributed by atoms with Crippen LogP contribution < -0.4 is 10.1 Å². The Bertz CT molecular complexity index is 1140. The molecular weight excluding hydrogens is 386 g/mol. The minimum Gasteiger partial charge on any atom is -0.479 e. The number of fused-ring (bicyclic) bond motifs is 1. The standard InChI is InChI=1S/C22H19N3O3S/c23-14-15-28-19-12-10-18(11-13-19)22-24-20-8-4-5-9-21(20)29(26,27)25(22)16-17-6-2-1-3-7-17/h1-13,22,24H,15-16H2. The first-order valence-corrected chi connectivity index (χ1v) is 10.5. The average Bonchev–Trinajstić information content (AvgIpc) is 2.75. The summed E-state index contributed by atoms with van der Waals surface area (Å²) in [5.41, 5.74) is 2.26. The zero-order valence-corrected chi connectivity index (χ0v) is 16.3. The van der Waals surface area contributed by atoms with Crippen LogP contribution in [0.25, 0.3) is 0 Å². The van der Waals surface area contributed by atoms with Crippen molar-refractivity contribution in [1.82, 2.24) is 4.31 Å². The zero-order valence-electron chi connectivity index (χ0n) is 15.5. The summed E-state index contributed by atoms with van der Waals surface area (Å²) < 4.78 is 33.6. The van der Waals surface area contributed by atoms with Crippen LogP contribution in [0.1, 0.15) is 17.3 Å². The molecule has 29 heavy (non-hydrogen) atoms. The second kappa shape index (κ2) is 7.95. The van der Waals surface area contributed by atoms with Gasteiger partial charge in [-0.1, -0.05) is 54.6 Å². The fourth-order valence-corrected chi connectivity index (χ4v) is 5.03. The summed E-state index contributed by atoms with van der Waals surface area (Å²) in [5.74, 6) is 0.559. The monoisotopic (exact) mass is 405 g/mol. The van der Waals surface area contributed by atoms with E-state index in [9.17, 15) is 8.42 Å². The summed E-state index contributed by atoms with van der Waals surface area (Å²) in [4.78, 5) is 0.265. The number of nitrogens with one attached hydrogen (secondary N) is 1. The molecule has 0 spiro atoms.